The molecule has 4 rings (SSSR count). The van der Waals surface area contributed by atoms with E-state index < -0.39 is 11.2 Å². The zero-order valence-corrected chi connectivity index (χ0v) is 17.5. The van der Waals surface area contributed by atoms with Crippen LogP contribution in [0.25, 0.3) is 23.4 Å². The van der Waals surface area contributed by atoms with Gasteiger partial charge in [-0.2, -0.15) is 0 Å². The van der Waals surface area contributed by atoms with Crippen LogP contribution in [0.5, 0.6) is 5.88 Å². The maximum absolute atomic E-state index is 12.6. The van der Waals surface area contributed by atoms with Crippen LogP contribution in [0.15, 0.2) is 65.8 Å². The zero-order chi connectivity index (χ0) is 22.0. The third-order valence-electron chi connectivity index (χ3n) is 4.97. The largest absolute Gasteiger partial charge is 0.493 e. The quantitative estimate of drug-likeness (QED) is 0.434. The smallest absolute Gasteiger partial charge is 0.317 e. The Bertz CT molecular complexity index is 1210. The molecular weight excluding hydrogens is 412 g/mol. The van der Waals surface area contributed by atoms with Crippen LogP contribution < -0.4 is 0 Å². The molecule has 0 spiro atoms. The number of fused-ring (bicyclic) bond motifs is 1. The van der Waals surface area contributed by atoms with Crippen molar-refractivity contribution in [1.82, 2.24) is 9.55 Å². The fourth-order valence-corrected chi connectivity index (χ4v) is 4.36. The molecule has 1 unspecified atom stereocenters. The molecule has 0 fully saturated rings. The number of hydrogen-bond donors (Lipinski definition) is 2. The van der Waals surface area contributed by atoms with Gasteiger partial charge in [0.1, 0.15) is 10.9 Å². The fourth-order valence-electron chi connectivity index (χ4n) is 3.39. The number of allylic oxidation sites excluding steroid dienone is 2. The van der Waals surface area contributed by atoms with Crippen molar-refractivity contribution in [2.45, 2.75) is 23.8 Å². The Hall–Kier alpha value is -3.58. The molecule has 6 nitrogen and oxygen atoms in total. The van der Waals surface area contributed by atoms with Gasteiger partial charge in [0, 0.05) is 5.57 Å². The fraction of sp³-hybridized carbons (Fsp3) is 0.125. The van der Waals surface area contributed by atoms with Crippen LogP contribution >= 0.6 is 11.8 Å². The average Bonchev–Trinajstić information content (AvgIpc) is 3.09. The van der Waals surface area contributed by atoms with Crippen LogP contribution in [-0.2, 0) is 9.59 Å². The Balaban J connectivity index is 1.86. The summed E-state index contributed by atoms with van der Waals surface area (Å²) in [6, 6.07) is 16.6. The van der Waals surface area contributed by atoms with Gasteiger partial charge in [0.25, 0.3) is 0 Å². The summed E-state index contributed by atoms with van der Waals surface area (Å²) in [6.45, 7) is 1.79. The van der Waals surface area contributed by atoms with E-state index in [-0.39, 0.29) is 17.4 Å². The van der Waals surface area contributed by atoms with Crippen molar-refractivity contribution < 1.29 is 19.8 Å². The number of thioether (sulfide) groups is 1. The van der Waals surface area contributed by atoms with Crippen molar-refractivity contribution in [3.05, 3.63) is 77.5 Å². The Morgan fingerprint density at radius 3 is 2.55 bits per heavy atom. The Kier molecular flexibility index (Phi) is 5.77. The number of benzene rings is 2. The van der Waals surface area contributed by atoms with E-state index in [1.165, 1.54) is 10.6 Å². The minimum atomic E-state index is -0.948. The molecule has 0 saturated heterocycles. The Morgan fingerprint density at radius 2 is 1.84 bits per heavy atom. The molecule has 1 aliphatic rings. The summed E-state index contributed by atoms with van der Waals surface area (Å²) in [6.07, 6.45) is 5.21. The summed E-state index contributed by atoms with van der Waals surface area (Å²) in [5.74, 6) is -1.28. The van der Waals surface area contributed by atoms with E-state index in [2.05, 4.69) is 4.98 Å². The summed E-state index contributed by atoms with van der Waals surface area (Å²) in [4.78, 5) is 28.7. The van der Waals surface area contributed by atoms with E-state index >= 15 is 0 Å². The number of nitrogens with zero attached hydrogens (tertiary/aromatic N) is 2. The molecule has 7 heteroatoms. The standard InChI is InChI=1S/C24H20N2O4S/c1-2-21(23(29)30)31-24-25-19(22(28)26(24)16-9-4-3-5-10-16)14-18-17-11-7-6-8-15(17)12-13-20(18)27/h3-14,21,28H,2H2,1H3,(H,29,30)/b18-14-. The van der Waals surface area contributed by atoms with Gasteiger partial charge in [-0.15, -0.1) is 0 Å². The number of carboxylic acids is 1. The molecule has 0 amide bonds. The molecule has 0 bridgehead atoms. The number of carbonyl (C=O) groups excluding carboxylic acids is 1. The summed E-state index contributed by atoms with van der Waals surface area (Å²) in [5, 5.41) is 20.1. The van der Waals surface area contributed by atoms with Crippen molar-refractivity contribution in [2.75, 3.05) is 0 Å². The number of carboxylic acid groups (broad SMARTS) is 1. The van der Waals surface area contributed by atoms with Gasteiger partial charge in [-0.25, -0.2) is 4.98 Å². The maximum atomic E-state index is 12.6. The summed E-state index contributed by atoms with van der Waals surface area (Å²) in [5.41, 5.74) is 2.94. The molecule has 156 valence electrons. The highest BCUT2D eigenvalue weighted by Gasteiger charge is 2.25. The normalized spacial score (nSPS) is 15.1. The first-order chi connectivity index (χ1) is 15.0. The van der Waals surface area contributed by atoms with Crippen molar-refractivity contribution in [1.29, 1.82) is 0 Å². The molecule has 31 heavy (non-hydrogen) atoms. The van der Waals surface area contributed by atoms with Crippen molar-refractivity contribution >= 4 is 41.2 Å². The number of aliphatic carboxylic acids is 1. The molecule has 0 saturated carbocycles. The number of aromatic nitrogens is 2. The van der Waals surface area contributed by atoms with E-state index in [0.717, 1.165) is 22.9 Å². The van der Waals surface area contributed by atoms with Gasteiger partial charge in [0.2, 0.25) is 5.88 Å². The minimum Gasteiger partial charge on any atom is -0.493 e. The van der Waals surface area contributed by atoms with Gasteiger partial charge in [-0.1, -0.05) is 67.2 Å². The first-order valence-electron chi connectivity index (χ1n) is 9.79. The van der Waals surface area contributed by atoms with E-state index in [1.54, 1.807) is 31.2 Å². The van der Waals surface area contributed by atoms with E-state index in [9.17, 15) is 19.8 Å². The number of ketones is 1. The van der Waals surface area contributed by atoms with Gasteiger partial charge in [0.05, 0.1) is 5.69 Å². The molecule has 2 N–H and O–H groups in total. The third-order valence-corrected chi connectivity index (χ3v) is 6.27. The summed E-state index contributed by atoms with van der Waals surface area (Å²) in [7, 11) is 0. The second-order valence-corrected chi connectivity index (χ2v) is 8.14. The van der Waals surface area contributed by atoms with E-state index in [4.69, 9.17) is 0 Å². The third kappa shape index (κ3) is 4.04. The molecule has 1 heterocycles. The van der Waals surface area contributed by atoms with E-state index in [1.807, 2.05) is 42.5 Å². The lowest BCUT2D eigenvalue weighted by Gasteiger charge is -2.12. The number of rotatable bonds is 6. The van der Waals surface area contributed by atoms with Crippen molar-refractivity contribution in [2.24, 2.45) is 0 Å². The van der Waals surface area contributed by atoms with Crippen LogP contribution in [0.4, 0.5) is 0 Å². The van der Waals surface area contributed by atoms with Crippen LogP contribution in [0, 0.1) is 0 Å². The molecule has 2 aromatic carbocycles. The first-order valence-corrected chi connectivity index (χ1v) is 10.7. The average molecular weight is 433 g/mol. The first kappa shape index (κ1) is 20.7. The number of imidazole rings is 1. The van der Waals surface area contributed by atoms with E-state index in [0.29, 0.717) is 22.8 Å². The number of carbonyl (C=O) groups is 2. The molecular formula is C24H20N2O4S. The molecule has 3 aromatic rings. The van der Waals surface area contributed by atoms with Gasteiger partial charge < -0.3 is 10.2 Å². The second-order valence-electron chi connectivity index (χ2n) is 6.97. The van der Waals surface area contributed by atoms with Crippen LogP contribution in [0.2, 0.25) is 0 Å². The van der Waals surface area contributed by atoms with Gasteiger partial charge in [-0.3, -0.25) is 14.2 Å². The lowest BCUT2D eigenvalue weighted by molar-refractivity contribution is -0.136. The minimum absolute atomic E-state index is 0.152. The SMILES string of the molecule is CCC(Sc1nc(/C=C2\C(=O)C=Cc3ccccc32)c(O)n1-c1ccccc1)C(=O)O. The lowest BCUT2D eigenvalue weighted by Crippen LogP contribution is -2.15. The predicted octanol–water partition coefficient (Wildman–Crippen LogP) is 4.67. The Morgan fingerprint density at radius 1 is 1.13 bits per heavy atom. The molecule has 1 atom stereocenters. The number of aromatic hydroxyl groups is 1. The molecule has 0 radical (unpaired) electrons. The predicted molar refractivity (Wildman–Crippen MR) is 121 cm³/mol. The zero-order valence-electron chi connectivity index (χ0n) is 16.7. The molecule has 1 aromatic heterocycles. The van der Waals surface area contributed by atoms with Gasteiger partial charge in [0.15, 0.2) is 10.9 Å². The highest BCUT2D eigenvalue weighted by Crippen LogP contribution is 2.36. The number of hydrogen-bond acceptors (Lipinski definition) is 5. The molecule has 1 aliphatic carbocycles. The van der Waals surface area contributed by atoms with Crippen LogP contribution in [-0.4, -0.2) is 36.8 Å². The van der Waals surface area contributed by atoms with Crippen LogP contribution in [0.1, 0.15) is 30.2 Å². The van der Waals surface area contributed by atoms with Gasteiger partial charge in [-0.05, 0) is 41.8 Å². The molecule has 0 aliphatic heterocycles. The lowest BCUT2D eigenvalue weighted by atomic mass is 9.91. The van der Waals surface area contributed by atoms with Crippen molar-refractivity contribution in [3.63, 3.8) is 0 Å². The van der Waals surface area contributed by atoms with Crippen LogP contribution in [0.3, 0.4) is 0 Å². The number of para-hydroxylation sites is 1. The topological polar surface area (TPSA) is 92.4 Å². The van der Waals surface area contributed by atoms with Crippen molar-refractivity contribution in [3.8, 4) is 11.6 Å². The summed E-state index contributed by atoms with van der Waals surface area (Å²) >= 11 is 1.07. The highest BCUT2D eigenvalue weighted by atomic mass is 32.2. The van der Waals surface area contributed by atoms with Gasteiger partial charge >= 0.3 is 5.97 Å². The second kappa shape index (κ2) is 8.65. The Labute approximate surface area is 183 Å². The maximum Gasteiger partial charge on any atom is 0.317 e. The monoisotopic (exact) mass is 432 g/mol. The highest BCUT2D eigenvalue weighted by molar-refractivity contribution is 8.00. The summed E-state index contributed by atoms with van der Waals surface area (Å²) < 4.78 is 1.51.